The Balaban J connectivity index is 1.85. The second-order valence-electron chi connectivity index (χ2n) is 5.34. The van der Waals surface area contributed by atoms with Crippen molar-refractivity contribution < 1.29 is 14.1 Å². The van der Waals surface area contributed by atoms with E-state index in [1.165, 1.54) is 18.2 Å². The first kappa shape index (κ1) is 19.2. The summed E-state index contributed by atoms with van der Waals surface area (Å²) in [4.78, 5) is 30.6. The van der Waals surface area contributed by atoms with Gasteiger partial charge in [0.25, 0.3) is 5.91 Å². The number of carbonyl (C=O) groups is 1. The SMILES string of the molecule is O=C(NNc1ncnc(Nc2ccccc2Br)c1[N+](=O)[O-])c1ccccc1F. The van der Waals surface area contributed by atoms with Crippen LogP contribution in [0.25, 0.3) is 0 Å². The van der Waals surface area contributed by atoms with Gasteiger partial charge in [-0.1, -0.05) is 24.3 Å². The lowest BCUT2D eigenvalue weighted by molar-refractivity contribution is -0.383. The van der Waals surface area contributed by atoms with E-state index in [1.54, 1.807) is 24.3 Å². The number of carbonyl (C=O) groups excluding carboxylic acids is 1. The molecule has 0 saturated heterocycles. The zero-order valence-corrected chi connectivity index (χ0v) is 15.6. The maximum atomic E-state index is 13.7. The van der Waals surface area contributed by atoms with Crippen LogP contribution >= 0.6 is 15.9 Å². The van der Waals surface area contributed by atoms with Crippen LogP contribution in [0.2, 0.25) is 0 Å². The number of hydrazine groups is 1. The van der Waals surface area contributed by atoms with Crippen molar-refractivity contribution in [2.75, 3.05) is 10.7 Å². The summed E-state index contributed by atoms with van der Waals surface area (Å²) in [7, 11) is 0. The summed E-state index contributed by atoms with van der Waals surface area (Å²) in [5.41, 5.74) is 4.37. The smallest absolute Gasteiger partial charge is 0.333 e. The lowest BCUT2D eigenvalue weighted by Gasteiger charge is -2.11. The van der Waals surface area contributed by atoms with Gasteiger partial charge in [0, 0.05) is 4.47 Å². The number of anilines is 3. The number of amides is 1. The minimum atomic E-state index is -0.814. The number of halogens is 2. The van der Waals surface area contributed by atoms with Crippen molar-refractivity contribution in [3.8, 4) is 0 Å². The van der Waals surface area contributed by atoms with Crippen LogP contribution in [0.15, 0.2) is 59.3 Å². The fourth-order valence-corrected chi connectivity index (χ4v) is 2.64. The summed E-state index contributed by atoms with van der Waals surface area (Å²) >= 11 is 3.33. The van der Waals surface area contributed by atoms with E-state index in [1.807, 2.05) is 0 Å². The molecule has 0 bridgehead atoms. The van der Waals surface area contributed by atoms with E-state index in [0.717, 1.165) is 12.4 Å². The number of rotatable bonds is 6. The predicted octanol–water partition coefficient (Wildman–Crippen LogP) is 3.79. The van der Waals surface area contributed by atoms with E-state index in [2.05, 4.69) is 42.1 Å². The van der Waals surface area contributed by atoms with Crippen molar-refractivity contribution in [3.63, 3.8) is 0 Å². The van der Waals surface area contributed by atoms with E-state index in [9.17, 15) is 19.3 Å². The predicted molar refractivity (Wildman–Crippen MR) is 104 cm³/mol. The number of nitro groups is 1. The van der Waals surface area contributed by atoms with Gasteiger partial charge in [0.15, 0.2) is 0 Å². The Morgan fingerprint density at radius 1 is 1.07 bits per heavy atom. The summed E-state index contributed by atoms with van der Waals surface area (Å²) in [6.45, 7) is 0. The van der Waals surface area contributed by atoms with Crippen molar-refractivity contribution in [2.45, 2.75) is 0 Å². The molecule has 9 nitrogen and oxygen atoms in total. The van der Waals surface area contributed by atoms with Gasteiger partial charge < -0.3 is 5.32 Å². The summed E-state index contributed by atoms with van der Waals surface area (Å²) in [5, 5.41) is 14.4. The van der Waals surface area contributed by atoms with E-state index in [4.69, 9.17) is 0 Å². The van der Waals surface area contributed by atoms with Gasteiger partial charge in [-0.15, -0.1) is 0 Å². The molecule has 0 saturated carbocycles. The van der Waals surface area contributed by atoms with Crippen LogP contribution in [0, 0.1) is 15.9 Å². The highest BCUT2D eigenvalue weighted by molar-refractivity contribution is 9.10. The van der Waals surface area contributed by atoms with E-state index < -0.39 is 22.3 Å². The van der Waals surface area contributed by atoms with Crippen LogP contribution in [0.4, 0.5) is 27.4 Å². The van der Waals surface area contributed by atoms with E-state index in [-0.39, 0.29) is 17.2 Å². The summed E-state index contributed by atoms with van der Waals surface area (Å²) in [5.74, 6) is -1.89. The molecule has 0 spiro atoms. The molecule has 0 atom stereocenters. The maximum Gasteiger partial charge on any atom is 0.355 e. The minimum absolute atomic E-state index is 0.0884. The molecule has 1 heterocycles. The summed E-state index contributed by atoms with van der Waals surface area (Å²) in [6.07, 6.45) is 1.09. The van der Waals surface area contributed by atoms with Crippen molar-refractivity contribution in [1.82, 2.24) is 15.4 Å². The lowest BCUT2D eigenvalue weighted by atomic mass is 10.2. The highest BCUT2D eigenvalue weighted by Gasteiger charge is 2.24. The van der Waals surface area contributed by atoms with Crippen molar-refractivity contribution in [2.24, 2.45) is 0 Å². The van der Waals surface area contributed by atoms with Gasteiger partial charge in [-0.25, -0.2) is 14.4 Å². The number of benzene rings is 2. The fraction of sp³-hybridized carbons (Fsp3) is 0. The third kappa shape index (κ3) is 4.20. The molecule has 0 aliphatic heterocycles. The Bertz CT molecular complexity index is 1050. The molecule has 0 fully saturated rings. The molecule has 3 aromatic rings. The van der Waals surface area contributed by atoms with E-state index in [0.29, 0.717) is 10.2 Å². The summed E-state index contributed by atoms with van der Waals surface area (Å²) < 4.78 is 14.4. The second-order valence-corrected chi connectivity index (χ2v) is 6.19. The molecule has 0 aliphatic rings. The molecule has 142 valence electrons. The van der Waals surface area contributed by atoms with Gasteiger partial charge in [-0.05, 0) is 40.2 Å². The van der Waals surface area contributed by atoms with Crippen LogP contribution in [0.3, 0.4) is 0 Å². The van der Waals surface area contributed by atoms with Gasteiger partial charge in [0.2, 0.25) is 11.6 Å². The number of aromatic nitrogens is 2. The Hall–Kier alpha value is -3.60. The van der Waals surface area contributed by atoms with Crippen LogP contribution in [0.5, 0.6) is 0 Å². The first-order valence-electron chi connectivity index (χ1n) is 7.79. The fourth-order valence-electron chi connectivity index (χ4n) is 2.25. The molecular formula is C17H12BrFN6O3. The molecule has 1 aromatic heterocycles. The molecule has 2 aromatic carbocycles. The number of hydrogen-bond donors (Lipinski definition) is 3. The highest BCUT2D eigenvalue weighted by atomic mass is 79.9. The quantitative estimate of drug-likeness (QED) is 0.388. The Labute approximate surface area is 166 Å². The summed E-state index contributed by atoms with van der Waals surface area (Å²) in [6, 6.07) is 12.3. The average molecular weight is 447 g/mol. The first-order valence-corrected chi connectivity index (χ1v) is 8.58. The molecule has 0 unspecified atom stereocenters. The normalized spacial score (nSPS) is 10.2. The zero-order chi connectivity index (χ0) is 20.1. The molecule has 0 radical (unpaired) electrons. The standard InChI is InChI=1S/C17H12BrFN6O3/c18-11-6-2-4-8-13(11)22-15-14(25(27)28)16(21-9-20-15)23-24-17(26)10-5-1-3-7-12(10)19/h1-9H,(H,24,26)(H2,20,21,22,23). The molecular weight excluding hydrogens is 435 g/mol. The van der Waals surface area contributed by atoms with Gasteiger partial charge in [0.05, 0.1) is 16.2 Å². The monoisotopic (exact) mass is 446 g/mol. The number of hydrogen-bond acceptors (Lipinski definition) is 7. The molecule has 1 amide bonds. The van der Waals surface area contributed by atoms with Crippen LogP contribution in [-0.2, 0) is 0 Å². The average Bonchev–Trinajstić information content (AvgIpc) is 2.68. The minimum Gasteiger partial charge on any atom is -0.333 e. The van der Waals surface area contributed by atoms with Gasteiger partial charge in [-0.3, -0.25) is 25.8 Å². The van der Waals surface area contributed by atoms with Crippen LogP contribution in [-0.4, -0.2) is 20.8 Å². The highest BCUT2D eigenvalue weighted by Crippen LogP contribution is 2.33. The Morgan fingerprint density at radius 2 is 1.75 bits per heavy atom. The molecule has 3 N–H and O–H groups in total. The molecule has 28 heavy (non-hydrogen) atoms. The van der Waals surface area contributed by atoms with Gasteiger partial charge >= 0.3 is 5.69 Å². The van der Waals surface area contributed by atoms with Gasteiger partial charge in [-0.2, -0.15) is 0 Å². The molecule has 11 heteroatoms. The van der Waals surface area contributed by atoms with E-state index >= 15 is 0 Å². The Morgan fingerprint density at radius 3 is 2.46 bits per heavy atom. The third-order valence-electron chi connectivity index (χ3n) is 3.54. The molecule has 0 aliphatic carbocycles. The van der Waals surface area contributed by atoms with Crippen molar-refractivity contribution >= 4 is 44.8 Å². The largest absolute Gasteiger partial charge is 0.355 e. The van der Waals surface area contributed by atoms with Crippen molar-refractivity contribution in [1.29, 1.82) is 0 Å². The number of nitrogens with one attached hydrogen (secondary N) is 3. The zero-order valence-electron chi connectivity index (χ0n) is 14.0. The van der Waals surface area contributed by atoms with Gasteiger partial charge in [0.1, 0.15) is 12.1 Å². The lowest BCUT2D eigenvalue weighted by Crippen LogP contribution is -2.31. The van der Waals surface area contributed by atoms with Crippen LogP contribution in [0.1, 0.15) is 10.4 Å². The Kier molecular flexibility index (Phi) is 5.75. The second kappa shape index (κ2) is 8.39. The third-order valence-corrected chi connectivity index (χ3v) is 4.24. The molecule has 3 rings (SSSR count). The maximum absolute atomic E-state index is 13.7. The number of nitrogens with zero attached hydrogens (tertiary/aromatic N) is 3. The van der Waals surface area contributed by atoms with Crippen molar-refractivity contribution in [3.05, 3.63) is 80.8 Å². The number of para-hydroxylation sites is 1. The first-order chi connectivity index (χ1) is 13.5. The van der Waals surface area contributed by atoms with Crippen LogP contribution < -0.4 is 16.2 Å². The topological polar surface area (TPSA) is 122 Å².